The maximum Gasteiger partial charge on any atom is 0.0701 e. The molecule has 0 bridgehead atoms. The predicted octanol–water partition coefficient (Wildman–Crippen LogP) is 3.93. The zero-order valence-corrected chi connectivity index (χ0v) is 10.9. The van der Waals surface area contributed by atoms with Crippen molar-refractivity contribution in [1.82, 2.24) is 0 Å². The first-order chi connectivity index (χ1) is 6.68. The van der Waals surface area contributed by atoms with E-state index in [-0.39, 0.29) is 6.04 Å². The number of aryl methyl sites for hydroxylation is 1. The fourth-order valence-electron chi connectivity index (χ4n) is 1.38. The first kappa shape index (κ1) is 10.4. The monoisotopic (exact) mass is 287 g/mol. The lowest BCUT2D eigenvalue weighted by Crippen LogP contribution is -2.10. The van der Waals surface area contributed by atoms with Gasteiger partial charge in [0.2, 0.25) is 0 Å². The molecule has 1 atom stereocenters. The Kier molecular flexibility index (Phi) is 3.07. The second kappa shape index (κ2) is 4.14. The Labute approximate surface area is 99.7 Å². The number of rotatable bonds is 2. The summed E-state index contributed by atoms with van der Waals surface area (Å²) in [5, 5.41) is 4.19. The van der Waals surface area contributed by atoms with Gasteiger partial charge in [-0.2, -0.15) is 0 Å². The van der Waals surface area contributed by atoms with Gasteiger partial charge < -0.3 is 5.73 Å². The molecule has 2 aromatic heterocycles. The van der Waals surface area contributed by atoms with Crippen LogP contribution in [0.4, 0.5) is 0 Å². The van der Waals surface area contributed by atoms with E-state index < -0.39 is 0 Å². The standard InChI is InChI=1S/C10H10BrNS2/c1-6-8(2-3-13-6)10(12)7-4-9(11)14-5-7/h2-5,10H,12H2,1H3. The Morgan fingerprint density at radius 2 is 2.21 bits per heavy atom. The normalized spacial score (nSPS) is 13.1. The van der Waals surface area contributed by atoms with Crippen molar-refractivity contribution in [3.63, 3.8) is 0 Å². The summed E-state index contributed by atoms with van der Waals surface area (Å²) < 4.78 is 1.14. The highest BCUT2D eigenvalue weighted by Crippen LogP contribution is 2.30. The molecule has 1 nitrogen and oxygen atoms in total. The average Bonchev–Trinajstić information content (AvgIpc) is 2.73. The predicted molar refractivity (Wildman–Crippen MR) is 67.1 cm³/mol. The Hall–Kier alpha value is -0.160. The molecule has 0 fully saturated rings. The molecule has 0 aliphatic heterocycles. The molecule has 2 N–H and O–H groups in total. The maximum atomic E-state index is 6.17. The maximum absolute atomic E-state index is 6.17. The van der Waals surface area contributed by atoms with Crippen LogP contribution in [0.2, 0.25) is 0 Å². The van der Waals surface area contributed by atoms with Crippen LogP contribution in [0.1, 0.15) is 22.0 Å². The van der Waals surface area contributed by atoms with Gasteiger partial charge in [0.05, 0.1) is 9.83 Å². The van der Waals surface area contributed by atoms with E-state index in [9.17, 15) is 0 Å². The molecule has 0 saturated heterocycles. The second-order valence-corrected chi connectivity index (χ2v) is 6.50. The fraction of sp³-hybridized carbons (Fsp3) is 0.200. The molecule has 0 aliphatic carbocycles. The summed E-state index contributed by atoms with van der Waals surface area (Å²) in [5.41, 5.74) is 8.59. The van der Waals surface area contributed by atoms with Crippen LogP contribution in [0.25, 0.3) is 0 Å². The molecule has 74 valence electrons. The number of thiophene rings is 2. The quantitative estimate of drug-likeness (QED) is 0.890. The van der Waals surface area contributed by atoms with E-state index in [4.69, 9.17) is 5.73 Å². The van der Waals surface area contributed by atoms with Gasteiger partial charge in [0, 0.05) is 4.88 Å². The molecular formula is C10H10BrNS2. The van der Waals surface area contributed by atoms with E-state index in [1.54, 1.807) is 22.7 Å². The van der Waals surface area contributed by atoms with Crippen LogP contribution >= 0.6 is 38.6 Å². The summed E-state index contributed by atoms with van der Waals surface area (Å²) in [5.74, 6) is 0. The fourth-order valence-corrected chi connectivity index (χ4v) is 3.35. The molecule has 2 rings (SSSR count). The summed E-state index contributed by atoms with van der Waals surface area (Å²) in [6.45, 7) is 2.11. The van der Waals surface area contributed by atoms with Gasteiger partial charge in [-0.15, -0.1) is 22.7 Å². The summed E-state index contributed by atoms with van der Waals surface area (Å²) in [4.78, 5) is 1.31. The van der Waals surface area contributed by atoms with Crippen molar-refractivity contribution in [2.24, 2.45) is 5.73 Å². The minimum atomic E-state index is 0.0174. The van der Waals surface area contributed by atoms with Gasteiger partial charge in [-0.25, -0.2) is 0 Å². The molecule has 14 heavy (non-hydrogen) atoms. The van der Waals surface area contributed by atoms with Crippen molar-refractivity contribution < 1.29 is 0 Å². The molecule has 0 amide bonds. The van der Waals surface area contributed by atoms with E-state index >= 15 is 0 Å². The molecule has 0 aliphatic rings. The van der Waals surface area contributed by atoms with E-state index in [1.165, 1.54) is 16.0 Å². The highest BCUT2D eigenvalue weighted by atomic mass is 79.9. The molecule has 2 aromatic rings. The Morgan fingerprint density at radius 3 is 2.71 bits per heavy atom. The van der Waals surface area contributed by atoms with E-state index in [1.807, 2.05) is 0 Å². The summed E-state index contributed by atoms with van der Waals surface area (Å²) in [7, 11) is 0. The number of halogens is 1. The van der Waals surface area contributed by atoms with Crippen LogP contribution in [0, 0.1) is 6.92 Å². The van der Waals surface area contributed by atoms with Crippen LogP contribution in [-0.2, 0) is 0 Å². The van der Waals surface area contributed by atoms with E-state index in [0.29, 0.717) is 0 Å². The summed E-state index contributed by atoms with van der Waals surface area (Å²) in [6, 6.07) is 4.21. The highest BCUT2D eigenvalue weighted by molar-refractivity contribution is 9.11. The Morgan fingerprint density at radius 1 is 1.43 bits per heavy atom. The molecular weight excluding hydrogens is 278 g/mol. The van der Waals surface area contributed by atoms with Crippen molar-refractivity contribution in [2.75, 3.05) is 0 Å². The van der Waals surface area contributed by atoms with Gasteiger partial charge in [-0.3, -0.25) is 0 Å². The lowest BCUT2D eigenvalue weighted by atomic mass is 10.0. The lowest BCUT2D eigenvalue weighted by molar-refractivity contribution is 0.874. The van der Waals surface area contributed by atoms with Crippen LogP contribution in [-0.4, -0.2) is 0 Å². The van der Waals surface area contributed by atoms with Crippen LogP contribution in [0.15, 0.2) is 26.7 Å². The first-order valence-corrected chi connectivity index (χ1v) is 6.77. The minimum absolute atomic E-state index is 0.0174. The van der Waals surface area contributed by atoms with Crippen molar-refractivity contribution >= 4 is 38.6 Å². The van der Waals surface area contributed by atoms with Crippen LogP contribution in [0.5, 0.6) is 0 Å². The molecule has 1 unspecified atom stereocenters. The third kappa shape index (κ3) is 1.93. The lowest BCUT2D eigenvalue weighted by Gasteiger charge is -2.08. The minimum Gasteiger partial charge on any atom is -0.320 e. The van der Waals surface area contributed by atoms with Gasteiger partial charge in [-0.1, -0.05) is 0 Å². The van der Waals surface area contributed by atoms with Gasteiger partial charge in [0.1, 0.15) is 0 Å². The number of hydrogen-bond acceptors (Lipinski definition) is 3. The van der Waals surface area contributed by atoms with Crippen molar-refractivity contribution in [2.45, 2.75) is 13.0 Å². The van der Waals surface area contributed by atoms with Crippen molar-refractivity contribution in [3.05, 3.63) is 42.7 Å². The smallest absolute Gasteiger partial charge is 0.0701 e. The topological polar surface area (TPSA) is 26.0 Å². The third-order valence-corrected chi connectivity index (χ3v) is 4.56. The summed E-state index contributed by atoms with van der Waals surface area (Å²) >= 11 is 6.87. The molecule has 2 heterocycles. The molecule has 0 aromatic carbocycles. The molecule has 4 heteroatoms. The van der Waals surface area contributed by atoms with Gasteiger partial charge >= 0.3 is 0 Å². The van der Waals surface area contributed by atoms with Gasteiger partial charge in [0.15, 0.2) is 0 Å². The molecule has 0 spiro atoms. The second-order valence-electron chi connectivity index (χ2n) is 3.09. The summed E-state index contributed by atoms with van der Waals surface area (Å²) in [6.07, 6.45) is 0. The number of nitrogens with two attached hydrogens (primary N) is 1. The Bertz CT molecular complexity index is 433. The van der Waals surface area contributed by atoms with Crippen molar-refractivity contribution in [1.29, 1.82) is 0 Å². The Balaban J connectivity index is 2.33. The van der Waals surface area contributed by atoms with E-state index in [2.05, 4.69) is 45.7 Å². The highest BCUT2D eigenvalue weighted by Gasteiger charge is 2.13. The van der Waals surface area contributed by atoms with Crippen molar-refractivity contribution in [3.8, 4) is 0 Å². The first-order valence-electron chi connectivity index (χ1n) is 4.22. The number of hydrogen-bond donors (Lipinski definition) is 1. The zero-order chi connectivity index (χ0) is 10.1. The van der Waals surface area contributed by atoms with Crippen LogP contribution < -0.4 is 5.73 Å². The average molecular weight is 288 g/mol. The van der Waals surface area contributed by atoms with Gasteiger partial charge in [0.25, 0.3) is 0 Å². The molecule has 0 radical (unpaired) electrons. The van der Waals surface area contributed by atoms with Crippen LogP contribution in [0.3, 0.4) is 0 Å². The SMILES string of the molecule is Cc1sccc1C(N)c1csc(Br)c1. The largest absolute Gasteiger partial charge is 0.320 e. The van der Waals surface area contributed by atoms with Gasteiger partial charge in [-0.05, 0) is 56.9 Å². The van der Waals surface area contributed by atoms with E-state index in [0.717, 1.165) is 3.79 Å². The third-order valence-electron chi connectivity index (χ3n) is 2.18. The zero-order valence-electron chi connectivity index (χ0n) is 7.66. The molecule has 0 saturated carbocycles.